The molecular weight excluding hydrogens is 254 g/mol. The second-order valence-corrected chi connectivity index (χ2v) is 5.81. The molecule has 0 bridgehead atoms. The Morgan fingerprint density at radius 2 is 1.90 bits per heavy atom. The van der Waals surface area contributed by atoms with Crippen molar-refractivity contribution in [1.82, 2.24) is 10.1 Å². The first-order valence-electron chi connectivity index (χ1n) is 6.99. The van der Waals surface area contributed by atoms with Crippen LogP contribution >= 0.6 is 0 Å². The summed E-state index contributed by atoms with van der Waals surface area (Å²) < 4.78 is 5.38. The summed E-state index contributed by atoms with van der Waals surface area (Å²) in [7, 11) is 0. The SMILES string of the molecule is CC1CCC(N)(c2nc(-c3ccc(O)cc3)no2)CC1. The minimum atomic E-state index is -0.491. The zero-order valence-electron chi connectivity index (χ0n) is 11.5. The lowest BCUT2D eigenvalue weighted by atomic mass is 9.78. The number of benzene rings is 1. The van der Waals surface area contributed by atoms with E-state index < -0.39 is 5.54 Å². The van der Waals surface area contributed by atoms with Gasteiger partial charge >= 0.3 is 0 Å². The minimum Gasteiger partial charge on any atom is -0.508 e. The first kappa shape index (κ1) is 13.1. The van der Waals surface area contributed by atoms with Gasteiger partial charge in [-0.3, -0.25) is 0 Å². The van der Waals surface area contributed by atoms with Crippen molar-refractivity contribution in [2.24, 2.45) is 11.7 Å². The molecule has 0 spiro atoms. The number of aromatic nitrogens is 2. The Morgan fingerprint density at radius 1 is 1.25 bits per heavy atom. The second kappa shape index (κ2) is 4.90. The molecular formula is C15H19N3O2. The predicted molar refractivity (Wildman–Crippen MR) is 74.9 cm³/mol. The van der Waals surface area contributed by atoms with Crippen molar-refractivity contribution >= 4 is 0 Å². The van der Waals surface area contributed by atoms with Crippen molar-refractivity contribution in [3.05, 3.63) is 30.2 Å². The molecule has 5 heteroatoms. The quantitative estimate of drug-likeness (QED) is 0.878. The molecule has 3 N–H and O–H groups in total. The first-order valence-corrected chi connectivity index (χ1v) is 6.99. The van der Waals surface area contributed by atoms with Crippen molar-refractivity contribution in [3.8, 4) is 17.1 Å². The van der Waals surface area contributed by atoms with Crippen molar-refractivity contribution in [3.63, 3.8) is 0 Å². The van der Waals surface area contributed by atoms with E-state index in [4.69, 9.17) is 10.3 Å². The molecule has 0 unspecified atom stereocenters. The first-order chi connectivity index (χ1) is 9.57. The monoisotopic (exact) mass is 273 g/mol. The number of nitrogens with two attached hydrogens (primary N) is 1. The molecule has 5 nitrogen and oxygen atoms in total. The van der Waals surface area contributed by atoms with E-state index in [9.17, 15) is 5.11 Å². The maximum atomic E-state index is 9.29. The molecule has 1 aliphatic rings. The van der Waals surface area contributed by atoms with Crippen LogP contribution in [0, 0.1) is 5.92 Å². The smallest absolute Gasteiger partial charge is 0.247 e. The maximum absolute atomic E-state index is 9.29. The number of phenols is 1. The van der Waals surface area contributed by atoms with Gasteiger partial charge in [0.15, 0.2) is 0 Å². The summed E-state index contributed by atoms with van der Waals surface area (Å²) in [5, 5.41) is 13.3. The van der Waals surface area contributed by atoms with Gasteiger partial charge in [0.1, 0.15) is 5.75 Å². The zero-order valence-corrected chi connectivity index (χ0v) is 11.5. The van der Waals surface area contributed by atoms with Crippen LogP contribution in [-0.4, -0.2) is 15.2 Å². The topological polar surface area (TPSA) is 85.2 Å². The Morgan fingerprint density at radius 3 is 2.55 bits per heavy atom. The number of rotatable bonds is 2. The van der Waals surface area contributed by atoms with E-state index in [1.54, 1.807) is 24.3 Å². The average molecular weight is 273 g/mol. The van der Waals surface area contributed by atoms with E-state index in [-0.39, 0.29) is 5.75 Å². The van der Waals surface area contributed by atoms with Crippen LogP contribution < -0.4 is 5.73 Å². The molecule has 0 saturated heterocycles. The highest BCUT2D eigenvalue weighted by molar-refractivity contribution is 5.55. The largest absolute Gasteiger partial charge is 0.508 e. The van der Waals surface area contributed by atoms with Gasteiger partial charge in [-0.1, -0.05) is 12.1 Å². The van der Waals surface area contributed by atoms with E-state index in [0.717, 1.165) is 31.2 Å². The molecule has 106 valence electrons. The Labute approximate surface area is 117 Å². The van der Waals surface area contributed by atoms with Crippen LogP contribution in [0.15, 0.2) is 28.8 Å². The van der Waals surface area contributed by atoms with Gasteiger partial charge in [-0.25, -0.2) is 0 Å². The summed E-state index contributed by atoms with van der Waals surface area (Å²) in [4.78, 5) is 4.45. The van der Waals surface area contributed by atoms with Gasteiger partial charge < -0.3 is 15.4 Å². The van der Waals surface area contributed by atoms with Crippen LogP contribution in [-0.2, 0) is 5.54 Å². The van der Waals surface area contributed by atoms with E-state index >= 15 is 0 Å². The fourth-order valence-corrected chi connectivity index (χ4v) is 2.64. The van der Waals surface area contributed by atoms with Crippen LogP contribution in [0.2, 0.25) is 0 Å². The van der Waals surface area contributed by atoms with Gasteiger partial charge in [-0.2, -0.15) is 4.98 Å². The lowest BCUT2D eigenvalue weighted by Crippen LogP contribution is -2.40. The summed E-state index contributed by atoms with van der Waals surface area (Å²) in [6, 6.07) is 6.73. The average Bonchev–Trinajstić information content (AvgIpc) is 2.94. The third-order valence-electron chi connectivity index (χ3n) is 4.14. The van der Waals surface area contributed by atoms with Crippen LogP contribution in [0.5, 0.6) is 5.75 Å². The summed E-state index contributed by atoms with van der Waals surface area (Å²) in [6.45, 7) is 2.25. The third-order valence-corrected chi connectivity index (χ3v) is 4.14. The molecule has 1 aliphatic carbocycles. The predicted octanol–water partition coefficient (Wildman–Crippen LogP) is 2.81. The van der Waals surface area contributed by atoms with Gasteiger partial charge in [-0.15, -0.1) is 0 Å². The van der Waals surface area contributed by atoms with Gasteiger partial charge in [-0.05, 0) is 55.9 Å². The molecule has 1 fully saturated rings. The molecule has 0 aliphatic heterocycles. The molecule has 1 saturated carbocycles. The molecule has 1 aromatic heterocycles. The van der Waals surface area contributed by atoms with Crippen LogP contribution in [0.4, 0.5) is 0 Å². The molecule has 1 heterocycles. The van der Waals surface area contributed by atoms with E-state index in [0.29, 0.717) is 17.6 Å². The van der Waals surface area contributed by atoms with Crippen molar-refractivity contribution < 1.29 is 9.63 Å². The van der Waals surface area contributed by atoms with Gasteiger partial charge in [0.2, 0.25) is 11.7 Å². The number of phenolic OH excluding ortho intramolecular Hbond substituents is 1. The second-order valence-electron chi connectivity index (χ2n) is 5.81. The highest BCUT2D eigenvalue weighted by Crippen LogP contribution is 2.37. The lowest BCUT2D eigenvalue weighted by Gasteiger charge is -2.32. The Bertz CT molecular complexity index is 583. The molecule has 0 amide bonds. The summed E-state index contributed by atoms with van der Waals surface area (Å²) in [6.07, 6.45) is 3.94. The van der Waals surface area contributed by atoms with Crippen LogP contribution in [0.25, 0.3) is 11.4 Å². The summed E-state index contributed by atoms with van der Waals surface area (Å²) >= 11 is 0. The van der Waals surface area contributed by atoms with E-state index in [1.165, 1.54) is 0 Å². The standard InChI is InChI=1S/C15H19N3O2/c1-10-6-8-15(16,9-7-10)14-17-13(18-20-14)11-2-4-12(19)5-3-11/h2-5,10,19H,6-9,16H2,1H3. The Balaban J connectivity index is 1.85. The molecule has 0 atom stereocenters. The number of hydrogen-bond acceptors (Lipinski definition) is 5. The Kier molecular flexibility index (Phi) is 3.22. The maximum Gasteiger partial charge on any atom is 0.247 e. The van der Waals surface area contributed by atoms with Crippen LogP contribution in [0.1, 0.15) is 38.5 Å². The fraction of sp³-hybridized carbons (Fsp3) is 0.467. The fourth-order valence-electron chi connectivity index (χ4n) is 2.64. The number of hydrogen-bond donors (Lipinski definition) is 2. The summed E-state index contributed by atoms with van der Waals surface area (Å²) in [5.41, 5.74) is 6.74. The van der Waals surface area contributed by atoms with Gasteiger partial charge in [0.25, 0.3) is 0 Å². The highest BCUT2D eigenvalue weighted by Gasteiger charge is 2.37. The highest BCUT2D eigenvalue weighted by atomic mass is 16.5. The summed E-state index contributed by atoms with van der Waals surface area (Å²) in [5.74, 6) is 1.97. The third kappa shape index (κ3) is 2.41. The van der Waals surface area contributed by atoms with E-state index in [2.05, 4.69) is 17.1 Å². The molecule has 2 aromatic rings. The Hall–Kier alpha value is -1.88. The number of nitrogens with zero attached hydrogens (tertiary/aromatic N) is 2. The number of aromatic hydroxyl groups is 1. The molecule has 3 rings (SSSR count). The zero-order chi connectivity index (χ0) is 14.2. The lowest BCUT2D eigenvalue weighted by molar-refractivity contribution is 0.190. The minimum absolute atomic E-state index is 0.217. The normalized spacial score (nSPS) is 26.6. The van der Waals surface area contributed by atoms with Crippen molar-refractivity contribution in [1.29, 1.82) is 0 Å². The molecule has 1 aromatic carbocycles. The van der Waals surface area contributed by atoms with Gasteiger partial charge in [0, 0.05) is 5.56 Å². The molecule has 0 radical (unpaired) electrons. The van der Waals surface area contributed by atoms with E-state index in [1.807, 2.05) is 0 Å². The van der Waals surface area contributed by atoms with Crippen LogP contribution in [0.3, 0.4) is 0 Å². The molecule has 20 heavy (non-hydrogen) atoms. The van der Waals surface area contributed by atoms with Gasteiger partial charge in [0.05, 0.1) is 5.54 Å². The van der Waals surface area contributed by atoms with Crippen molar-refractivity contribution in [2.45, 2.75) is 38.1 Å². The van der Waals surface area contributed by atoms with Crippen molar-refractivity contribution in [2.75, 3.05) is 0 Å².